The van der Waals surface area contributed by atoms with E-state index in [-0.39, 0.29) is 5.78 Å². The number of rotatable bonds is 5. The Bertz CT molecular complexity index is 336. The lowest BCUT2D eigenvalue weighted by atomic mass is 10.1. The summed E-state index contributed by atoms with van der Waals surface area (Å²) in [6.07, 6.45) is 1.80. The van der Waals surface area contributed by atoms with Crippen LogP contribution in [0.15, 0.2) is 41.4 Å². The number of halogens is 1. The molecule has 0 aliphatic carbocycles. The Hall–Kier alpha value is -0.540. The number of thioether (sulfide) groups is 1. The van der Waals surface area contributed by atoms with Crippen molar-refractivity contribution in [2.24, 2.45) is 0 Å². The third kappa shape index (κ3) is 3.31. The molecule has 0 aliphatic heterocycles. The first-order valence-electron chi connectivity index (χ1n) is 4.22. The normalized spacial score (nSPS) is 9.79. The van der Waals surface area contributed by atoms with Crippen LogP contribution >= 0.6 is 27.7 Å². The Morgan fingerprint density at radius 1 is 1.50 bits per heavy atom. The van der Waals surface area contributed by atoms with Gasteiger partial charge in [-0.25, -0.2) is 0 Å². The molecule has 0 N–H and O–H groups in total. The van der Waals surface area contributed by atoms with Crippen molar-refractivity contribution in [2.75, 3.05) is 11.5 Å². The van der Waals surface area contributed by atoms with Gasteiger partial charge < -0.3 is 0 Å². The van der Waals surface area contributed by atoms with E-state index in [9.17, 15) is 4.79 Å². The summed E-state index contributed by atoms with van der Waals surface area (Å²) < 4.78 is 0.865. The lowest BCUT2D eigenvalue weighted by molar-refractivity contribution is 0.102. The van der Waals surface area contributed by atoms with E-state index in [0.717, 1.165) is 15.8 Å². The molecule has 1 rings (SSSR count). The van der Waals surface area contributed by atoms with Crippen molar-refractivity contribution >= 4 is 33.5 Å². The van der Waals surface area contributed by atoms with E-state index in [1.807, 2.05) is 24.3 Å². The third-order valence-corrected chi connectivity index (χ3v) is 3.27. The van der Waals surface area contributed by atoms with Gasteiger partial charge in [0.1, 0.15) is 0 Å². The van der Waals surface area contributed by atoms with E-state index in [1.165, 1.54) is 0 Å². The van der Waals surface area contributed by atoms with Gasteiger partial charge >= 0.3 is 0 Å². The number of Topliss-reactive ketones (excluding diaryl/α,β-unsaturated/α-hetero) is 1. The van der Waals surface area contributed by atoms with Gasteiger partial charge in [-0.05, 0) is 6.07 Å². The van der Waals surface area contributed by atoms with E-state index in [4.69, 9.17) is 0 Å². The molecule has 3 heteroatoms. The standard InChI is InChI=1S/C11H11BrOS/c1-2-7-14-8-11(13)9-5-3-4-6-10(9)12/h2-6H,1,7-8H2. The van der Waals surface area contributed by atoms with Crippen molar-refractivity contribution in [3.63, 3.8) is 0 Å². The van der Waals surface area contributed by atoms with E-state index in [2.05, 4.69) is 22.5 Å². The average molecular weight is 271 g/mol. The molecule has 1 aromatic carbocycles. The molecule has 74 valence electrons. The average Bonchev–Trinajstić information content (AvgIpc) is 2.18. The first-order valence-corrected chi connectivity index (χ1v) is 6.17. The minimum Gasteiger partial charge on any atom is -0.293 e. The zero-order valence-corrected chi connectivity index (χ0v) is 10.1. The summed E-state index contributed by atoms with van der Waals surface area (Å²) in [6, 6.07) is 7.49. The summed E-state index contributed by atoms with van der Waals surface area (Å²) in [6.45, 7) is 3.61. The van der Waals surface area contributed by atoms with Gasteiger partial charge in [-0.15, -0.1) is 18.3 Å². The number of carbonyl (C=O) groups excluding carboxylic acids is 1. The molecule has 0 amide bonds. The molecule has 0 saturated heterocycles. The van der Waals surface area contributed by atoms with Crippen LogP contribution in [0, 0.1) is 0 Å². The molecule has 0 aliphatic rings. The smallest absolute Gasteiger partial charge is 0.173 e. The highest BCUT2D eigenvalue weighted by molar-refractivity contribution is 9.10. The van der Waals surface area contributed by atoms with E-state index < -0.39 is 0 Å². The summed E-state index contributed by atoms with van der Waals surface area (Å²) in [5.41, 5.74) is 0.754. The fourth-order valence-corrected chi connectivity index (χ4v) is 2.13. The van der Waals surface area contributed by atoms with Crippen LogP contribution in [0.5, 0.6) is 0 Å². The highest BCUT2D eigenvalue weighted by Crippen LogP contribution is 2.18. The van der Waals surface area contributed by atoms with Gasteiger partial charge in [0.25, 0.3) is 0 Å². The van der Waals surface area contributed by atoms with Crippen LogP contribution in [0.4, 0.5) is 0 Å². The van der Waals surface area contributed by atoms with Gasteiger partial charge in [0, 0.05) is 15.8 Å². The Morgan fingerprint density at radius 2 is 2.21 bits per heavy atom. The molecule has 0 atom stereocenters. The van der Waals surface area contributed by atoms with Gasteiger partial charge in [-0.3, -0.25) is 4.79 Å². The second-order valence-corrected chi connectivity index (χ2v) is 4.59. The first-order chi connectivity index (χ1) is 6.75. The molecule has 0 unspecified atom stereocenters. The first kappa shape index (κ1) is 11.5. The summed E-state index contributed by atoms with van der Waals surface area (Å²) in [5, 5.41) is 0. The second-order valence-electron chi connectivity index (χ2n) is 2.71. The summed E-state index contributed by atoms with van der Waals surface area (Å²) in [7, 11) is 0. The number of carbonyl (C=O) groups is 1. The molecule has 1 aromatic rings. The fourth-order valence-electron chi connectivity index (χ4n) is 1.00. The monoisotopic (exact) mass is 270 g/mol. The van der Waals surface area contributed by atoms with Crippen LogP contribution in [0.25, 0.3) is 0 Å². The second kappa shape index (κ2) is 6.04. The predicted molar refractivity (Wildman–Crippen MR) is 66.0 cm³/mol. The molecular weight excluding hydrogens is 260 g/mol. The SMILES string of the molecule is C=CCSCC(=O)c1ccccc1Br. The maximum Gasteiger partial charge on any atom is 0.173 e. The lowest BCUT2D eigenvalue weighted by Gasteiger charge is -2.01. The Balaban J connectivity index is 2.60. The Morgan fingerprint density at radius 3 is 2.86 bits per heavy atom. The Kier molecular flexibility index (Phi) is 4.98. The molecule has 0 spiro atoms. The van der Waals surface area contributed by atoms with Gasteiger partial charge in [-0.2, -0.15) is 0 Å². The largest absolute Gasteiger partial charge is 0.293 e. The minimum absolute atomic E-state index is 0.157. The minimum atomic E-state index is 0.157. The molecule has 0 aromatic heterocycles. The van der Waals surface area contributed by atoms with Crippen molar-refractivity contribution in [3.05, 3.63) is 47.0 Å². The molecule has 0 bridgehead atoms. The quantitative estimate of drug-likeness (QED) is 0.463. The number of hydrogen-bond acceptors (Lipinski definition) is 2. The van der Waals surface area contributed by atoms with E-state index >= 15 is 0 Å². The lowest BCUT2D eigenvalue weighted by Crippen LogP contribution is -2.03. The van der Waals surface area contributed by atoms with Crippen molar-refractivity contribution in [1.82, 2.24) is 0 Å². The fraction of sp³-hybridized carbons (Fsp3) is 0.182. The van der Waals surface area contributed by atoms with Gasteiger partial charge in [0.05, 0.1) is 5.75 Å². The maximum atomic E-state index is 11.7. The highest BCUT2D eigenvalue weighted by atomic mass is 79.9. The Labute approximate surface area is 96.7 Å². The van der Waals surface area contributed by atoms with Crippen LogP contribution < -0.4 is 0 Å². The number of hydrogen-bond donors (Lipinski definition) is 0. The van der Waals surface area contributed by atoms with Crippen LogP contribution in [0.3, 0.4) is 0 Å². The predicted octanol–water partition coefficient (Wildman–Crippen LogP) is 3.55. The molecule has 0 fully saturated rings. The van der Waals surface area contributed by atoms with Crippen molar-refractivity contribution in [3.8, 4) is 0 Å². The molecule has 0 saturated carbocycles. The van der Waals surface area contributed by atoms with Crippen LogP contribution in [0.2, 0.25) is 0 Å². The highest BCUT2D eigenvalue weighted by Gasteiger charge is 2.08. The van der Waals surface area contributed by atoms with E-state index in [0.29, 0.717) is 5.75 Å². The number of benzene rings is 1. The molecular formula is C11H11BrOS. The van der Waals surface area contributed by atoms with Crippen molar-refractivity contribution < 1.29 is 4.79 Å². The number of ketones is 1. The van der Waals surface area contributed by atoms with Crippen molar-refractivity contribution in [2.45, 2.75) is 0 Å². The molecule has 0 radical (unpaired) electrons. The molecule has 0 heterocycles. The van der Waals surface area contributed by atoms with Crippen molar-refractivity contribution in [1.29, 1.82) is 0 Å². The topological polar surface area (TPSA) is 17.1 Å². The maximum absolute atomic E-state index is 11.7. The van der Waals surface area contributed by atoms with Crippen LogP contribution in [-0.4, -0.2) is 17.3 Å². The van der Waals surface area contributed by atoms with Crippen LogP contribution in [-0.2, 0) is 0 Å². The van der Waals surface area contributed by atoms with E-state index in [1.54, 1.807) is 17.8 Å². The zero-order chi connectivity index (χ0) is 10.4. The molecule has 1 nitrogen and oxygen atoms in total. The van der Waals surface area contributed by atoms with Gasteiger partial charge in [0.2, 0.25) is 0 Å². The third-order valence-electron chi connectivity index (χ3n) is 1.64. The summed E-state index contributed by atoms with van der Waals surface area (Å²) in [5.74, 6) is 1.48. The van der Waals surface area contributed by atoms with Gasteiger partial charge in [0.15, 0.2) is 5.78 Å². The summed E-state index contributed by atoms with van der Waals surface area (Å²) in [4.78, 5) is 11.7. The van der Waals surface area contributed by atoms with Crippen LogP contribution in [0.1, 0.15) is 10.4 Å². The van der Waals surface area contributed by atoms with Gasteiger partial charge in [-0.1, -0.05) is 40.2 Å². The zero-order valence-electron chi connectivity index (χ0n) is 7.70. The summed E-state index contributed by atoms with van der Waals surface area (Å²) >= 11 is 4.93. The molecule has 14 heavy (non-hydrogen) atoms.